The van der Waals surface area contributed by atoms with E-state index in [0.717, 1.165) is 17.1 Å². The zero-order valence-corrected chi connectivity index (χ0v) is 8.97. The Morgan fingerprint density at radius 3 is 2.06 bits per heavy atom. The van der Waals surface area contributed by atoms with E-state index in [9.17, 15) is 0 Å². The van der Waals surface area contributed by atoms with Gasteiger partial charge in [-0.15, -0.1) is 0 Å². The van der Waals surface area contributed by atoms with Gasteiger partial charge in [-0.1, -0.05) is 42.5 Å². The second-order valence-corrected chi connectivity index (χ2v) is 3.39. The highest BCUT2D eigenvalue weighted by Crippen LogP contribution is 2.21. The minimum Gasteiger partial charge on any atom is -0.457 e. The van der Waals surface area contributed by atoms with Crippen LogP contribution in [-0.4, -0.2) is 0 Å². The molecule has 0 aliphatic carbocycles. The number of hydrogen-bond donors (Lipinski definition) is 0. The molecule has 0 amide bonds. The molecule has 79 valence electrons. The number of allylic oxidation sites excluding steroid dienone is 1. The van der Waals surface area contributed by atoms with Crippen molar-refractivity contribution in [1.82, 2.24) is 0 Å². The highest BCUT2D eigenvalue weighted by atomic mass is 16.5. The second-order valence-electron chi connectivity index (χ2n) is 3.39. The molecule has 0 unspecified atom stereocenters. The van der Waals surface area contributed by atoms with Gasteiger partial charge >= 0.3 is 0 Å². The highest BCUT2D eigenvalue weighted by Gasteiger charge is 1.95. The Kier molecular flexibility index (Phi) is 3.39. The van der Waals surface area contributed by atoms with Gasteiger partial charge in [0.1, 0.15) is 11.5 Å². The lowest BCUT2D eigenvalue weighted by atomic mass is 10.2. The highest BCUT2D eigenvalue weighted by molar-refractivity contribution is 5.51. The minimum absolute atomic E-state index is 0.840. The Morgan fingerprint density at radius 2 is 1.44 bits per heavy atom. The maximum Gasteiger partial charge on any atom is 0.127 e. The first kappa shape index (κ1) is 10.5. The smallest absolute Gasteiger partial charge is 0.127 e. The molecule has 0 atom stereocenters. The number of hydrogen-bond acceptors (Lipinski definition) is 1. The fourth-order valence-electron chi connectivity index (χ4n) is 1.41. The molecule has 0 aromatic heterocycles. The van der Waals surface area contributed by atoms with Crippen LogP contribution in [0.5, 0.6) is 11.5 Å². The molecule has 0 fully saturated rings. The maximum atomic E-state index is 5.67. The van der Waals surface area contributed by atoms with Crippen molar-refractivity contribution in [2.24, 2.45) is 0 Å². The molecule has 2 rings (SSSR count). The molecule has 2 aromatic rings. The Morgan fingerprint density at radius 1 is 0.812 bits per heavy atom. The van der Waals surface area contributed by atoms with Crippen LogP contribution >= 0.6 is 0 Å². The number of ether oxygens (including phenoxy) is 1. The molecule has 0 spiro atoms. The molecule has 1 heteroatoms. The summed E-state index contributed by atoms with van der Waals surface area (Å²) in [5.74, 6) is 1.69. The minimum atomic E-state index is 0.840. The first-order chi connectivity index (χ1) is 7.88. The topological polar surface area (TPSA) is 9.23 Å². The second kappa shape index (κ2) is 5.17. The van der Waals surface area contributed by atoms with Crippen molar-refractivity contribution in [3.8, 4) is 11.5 Å². The molecule has 0 aliphatic heterocycles. The molecule has 0 heterocycles. The van der Waals surface area contributed by atoms with Crippen molar-refractivity contribution in [1.29, 1.82) is 0 Å². The van der Waals surface area contributed by atoms with Gasteiger partial charge in [0.2, 0.25) is 0 Å². The predicted molar refractivity (Wildman–Crippen MR) is 67.3 cm³/mol. The average Bonchev–Trinajstić information content (AvgIpc) is 2.33. The van der Waals surface area contributed by atoms with Gasteiger partial charge in [0.15, 0.2) is 0 Å². The van der Waals surface area contributed by atoms with Gasteiger partial charge in [0.05, 0.1) is 0 Å². The summed E-state index contributed by atoms with van der Waals surface area (Å²) in [7, 11) is 0. The van der Waals surface area contributed by atoms with Crippen LogP contribution in [0.15, 0.2) is 60.7 Å². The van der Waals surface area contributed by atoms with Crippen LogP contribution in [0, 0.1) is 6.92 Å². The first-order valence-corrected chi connectivity index (χ1v) is 5.17. The van der Waals surface area contributed by atoms with Gasteiger partial charge in [0, 0.05) is 0 Å². The van der Waals surface area contributed by atoms with Crippen LogP contribution in [0.4, 0.5) is 0 Å². The summed E-state index contributed by atoms with van der Waals surface area (Å²) in [6.45, 7) is 3.66. The largest absolute Gasteiger partial charge is 0.457 e. The predicted octanol–water partition coefficient (Wildman–Crippen LogP) is 4.33. The van der Waals surface area contributed by atoms with Gasteiger partial charge in [-0.05, 0) is 36.8 Å². The van der Waals surface area contributed by atoms with E-state index in [1.807, 2.05) is 60.7 Å². The normalized spacial score (nSPS) is 10.6. The van der Waals surface area contributed by atoms with Crippen LogP contribution in [0.1, 0.15) is 5.56 Å². The number of benzene rings is 2. The van der Waals surface area contributed by atoms with E-state index >= 15 is 0 Å². The summed E-state index contributed by atoms with van der Waals surface area (Å²) >= 11 is 0. The SMILES string of the molecule is [CH2]C=Cc1ccc(Oc2ccccc2)cc1. The van der Waals surface area contributed by atoms with E-state index in [1.54, 1.807) is 6.08 Å². The molecular weight excluding hydrogens is 196 g/mol. The standard InChI is InChI=1S/C15H13O/c1-2-6-13-9-11-15(12-10-13)16-14-7-4-3-5-8-14/h2-12H,1H2. The van der Waals surface area contributed by atoms with E-state index in [-0.39, 0.29) is 0 Å². The van der Waals surface area contributed by atoms with Gasteiger partial charge in [-0.2, -0.15) is 0 Å². The molecular formula is C15H13O. The van der Waals surface area contributed by atoms with E-state index in [2.05, 4.69) is 6.92 Å². The summed E-state index contributed by atoms with van der Waals surface area (Å²) in [5, 5.41) is 0. The summed E-state index contributed by atoms with van der Waals surface area (Å²) in [4.78, 5) is 0. The third-order valence-corrected chi connectivity index (χ3v) is 2.17. The molecule has 0 bridgehead atoms. The van der Waals surface area contributed by atoms with Crippen LogP contribution in [-0.2, 0) is 0 Å². The monoisotopic (exact) mass is 209 g/mol. The fourth-order valence-corrected chi connectivity index (χ4v) is 1.41. The molecule has 1 nitrogen and oxygen atoms in total. The lowest BCUT2D eigenvalue weighted by Gasteiger charge is -2.05. The Balaban J connectivity index is 2.11. The zero-order chi connectivity index (χ0) is 11.2. The van der Waals surface area contributed by atoms with Gasteiger partial charge in [-0.25, -0.2) is 0 Å². The molecule has 0 saturated carbocycles. The van der Waals surface area contributed by atoms with Crippen molar-refractivity contribution < 1.29 is 4.74 Å². The fraction of sp³-hybridized carbons (Fsp3) is 0. The van der Waals surface area contributed by atoms with Crippen LogP contribution < -0.4 is 4.74 Å². The Bertz CT molecular complexity index is 455. The van der Waals surface area contributed by atoms with E-state index in [0.29, 0.717) is 0 Å². The molecule has 1 radical (unpaired) electrons. The maximum absolute atomic E-state index is 5.67. The van der Waals surface area contributed by atoms with Crippen molar-refractivity contribution >= 4 is 6.08 Å². The summed E-state index contributed by atoms with van der Waals surface area (Å²) in [5.41, 5.74) is 1.12. The summed E-state index contributed by atoms with van der Waals surface area (Å²) < 4.78 is 5.67. The molecule has 0 saturated heterocycles. The zero-order valence-electron chi connectivity index (χ0n) is 8.97. The van der Waals surface area contributed by atoms with Crippen molar-refractivity contribution in [3.63, 3.8) is 0 Å². The van der Waals surface area contributed by atoms with E-state index < -0.39 is 0 Å². The summed E-state index contributed by atoms with van der Waals surface area (Å²) in [6, 6.07) is 17.6. The average molecular weight is 209 g/mol. The van der Waals surface area contributed by atoms with Crippen molar-refractivity contribution in [2.75, 3.05) is 0 Å². The van der Waals surface area contributed by atoms with Crippen molar-refractivity contribution in [2.45, 2.75) is 0 Å². The third kappa shape index (κ3) is 2.74. The molecule has 0 N–H and O–H groups in total. The molecule has 2 aromatic carbocycles. The molecule has 0 aliphatic rings. The first-order valence-electron chi connectivity index (χ1n) is 5.17. The van der Waals surface area contributed by atoms with Gasteiger partial charge < -0.3 is 4.74 Å². The number of rotatable bonds is 3. The quantitative estimate of drug-likeness (QED) is 0.731. The Labute approximate surface area is 96.0 Å². The van der Waals surface area contributed by atoms with Crippen molar-refractivity contribution in [3.05, 3.63) is 73.2 Å². The van der Waals surface area contributed by atoms with E-state index in [1.165, 1.54) is 0 Å². The third-order valence-electron chi connectivity index (χ3n) is 2.17. The lowest BCUT2D eigenvalue weighted by Crippen LogP contribution is -1.83. The van der Waals surface area contributed by atoms with Gasteiger partial charge in [-0.3, -0.25) is 0 Å². The lowest BCUT2D eigenvalue weighted by molar-refractivity contribution is 0.482. The number of para-hydroxylation sites is 1. The van der Waals surface area contributed by atoms with Crippen LogP contribution in [0.2, 0.25) is 0 Å². The van der Waals surface area contributed by atoms with Crippen LogP contribution in [0.3, 0.4) is 0 Å². The van der Waals surface area contributed by atoms with Gasteiger partial charge in [0.25, 0.3) is 0 Å². The Hall–Kier alpha value is -2.02. The van der Waals surface area contributed by atoms with E-state index in [4.69, 9.17) is 4.74 Å². The van der Waals surface area contributed by atoms with Crippen LogP contribution in [0.25, 0.3) is 6.08 Å². The summed E-state index contributed by atoms with van der Waals surface area (Å²) in [6.07, 6.45) is 3.72. The molecule has 16 heavy (non-hydrogen) atoms.